The van der Waals surface area contributed by atoms with Crippen molar-refractivity contribution in [1.29, 1.82) is 0 Å². The molecule has 0 bridgehead atoms. The van der Waals surface area contributed by atoms with Crippen LogP contribution in [0, 0.1) is 6.92 Å². The minimum absolute atomic E-state index is 0.0612. The van der Waals surface area contributed by atoms with Gasteiger partial charge in [0.2, 0.25) is 5.91 Å². The fraction of sp³-hybridized carbons (Fsp3) is 0.381. The molecule has 0 radical (unpaired) electrons. The second-order valence-corrected chi connectivity index (χ2v) is 6.22. The zero-order chi connectivity index (χ0) is 17.4. The summed E-state index contributed by atoms with van der Waals surface area (Å²) >= 11 is 0. The van der Waals surface area contributed by atoms with E-state index in [0.29, 0.717) is 13.0 Å². The maximum atomic E-state index is 12.0. The summed E-state index contributed by atoms with van der Waals surface area (Å²) in [7, 11) is 0. The molecule has 0 heterocycles. The van der Waals surface area contributed by atoms with Crippen molar-refractivity contribution in [3.05, 3.63) is 70.8 Å². The minimum atomic E-state index is 0.0612. The first-order chi connectivity index (χ1) is 11.6. The molecule has 0 fully saturated rings. The van der Waals surface area contributed by atoms with Crippen molar-refractivity contribution in [3.8, 4) is 0 Å². The molecule has 128 valence electrons. The number of hydrogen-bond donors (Lipinski definition) is 1. The van der Waals surface area contributed by atoms with Gasteiger partial charge < -0.3 is 5.32 Å². The molecule has 1 N–H and O–H groups in total. The van der Waals surface area contributed by atoms with Crippen LogP contribution in [0.3, 0.4) is 0 Å². The van der Waals surface area contributed by atoms with Crippen molar-refractivity contribution in [2.75, 3.05) is 13.1 Å². The third kappa shape index (κ3) is 5.82. The maximum Gasteiger partial charge on any atom is 0.224 e. The van der Waals surface area contributed by atoms with Gasteiger partial charge in [0, 0.05) is 13.1 Å². The lowest BCUT2D eigenvalue weighted by atomic mass is 10.1. The second-order valence-electron chi connectivity index (χ2n) is 6.22. The van der Waals surface area contributed by atoms with Crippen LogP contribution in [0.2, 0.25) is 0 Å². The van der Waals surface area contributed by atoms with E-state index in [1.54, 1.807) is 0 Å². The first-order valence-electron chi connectivity index (χ1n) is 8.73. The molecular formula is C21H28N2O. The Morgan fingerprint density at radius 1 is 0.875 bits per heavy atom. The zero-order valence-electron chi connectivity index (χ0n) is 15.0. The van der Waals surface area contributed by atoms with Gasteiger partial charge >= 0.3 is 0 Å². The quantitative estimate of drug-likeness (QED) is 0.803. The first kappa shape index (κ1) is 18.2. The first-order valence-corrected chi connectivity index (χ1v) is 8.73. The minimum Gasteiger partial charge on any atom is -0.352 e. The van der Waals surface area contributed by atoms with Crippen LogP contribution in [-0.4, -0.2) is 23.9 Å². The summed E-state index contributed by atoms with van der Waals surface area (Å²) < 4.78 is 0. The van der Waals surface area contributed by atoms with Crippen molar-refractivity contribution in [1.82, 2.24) is 10.2 Å². The third-order valence-electron chi connectivity index (χ3n) is 4.30. The monoisotopic (exact) mass is 324 g/mol. The number of nitrogens with zero attached hydrogens (tertiary/aromatic N) is 1. The van der Waals surface area contributed by atoms with Crippen molar-refractivity contribution < 1.29 is 4.79 Å². The lowest BCUT2D eigenvalue weighted by molar-refractivity contribution is -0.120. The lowest BCUT2D eigenvalue weighted by Gasteiger charge is -2.18. The number of carbonyl (C=O) groups excluding carboxylic acids is 1. The van der Waals surface area contributed by atoms with Gasteiger partial charge in [-0.1, -0.05) is 67.9 Å². The van der Waals surface area contributed by atoms with E-state index in [0.717, 1.165) is 30.8 Å². The highest BCUT2D eigenvalue weighted by molar-refractivity contribution is 5.78. The van der Waals surface area contributed by atoms with Crippen molar-refractivity contribution in [3.63, 3.8) is 0 Å². The predicted molar refractivity (Wildman–Crippen MR) is 99.8 cm³/mol. The topological polar surface area (TPSA) is 32.3 Å². The predicted octanol–water partition coefficient (Wildman–Crippen LogP) is 3.70. The average molecular weight is 324 g/mol. The number of carbonyl (C=O) groups is 1. The molecule has 3 nitrogen and oxygen atoms in total. The fourth-order valence-corrected chi connectivity index (χ4v) is 2.62. The van der Waals surface area contributed by atoms with Crippen LogP contribution in [0.1, 0.15) is 36.1 Å². The van der Waals surface area contributed by atoms with Crippen LogP contribution in [0.5, 0.6) is 0 Å². The van der Waals surface area contributed by atoms with Gasteiger partial charge in [-0.2, -0.15) is 0 Å². The highest BCUT2D eigenvalue weighted by Crippen LogP contribution is 2.08. The van der Waals surface area contributed by atoms with Crippen LogP contribution in [0.4, 0.5) is 0 Å². The number of hydrogen-bond acceptors (Lipinski definition) is 2. The highest BCUT2D eigenvalue weighted by Gasteiger charge is 2.04. The van der Waals surface area contributed by atoms with Crippen LogP contribution in [-0.2, 0) is 24.3 Å². The summed E-state index contributed by atoms with van der Waals surface area (Å²) in [6, 6.07) is 16.6. The molecule has 0 unspecified atom stereocenters. The zero-order valence-corrected chi connectivity index (χ0v) is 15.0. The number of amides is 1. The summed E-state index contributed by atoms with van der Waals surface area (Å²) in [4.78, 5) is 14.4. The van der Waals surface area contributed by atoms with Gasteiger partial charge in [-0.05, 0) is 36.7 Å². The SMILES string of the molecule is CCN(CC)Cc1ccc(CNC(=O)Cc2ccc(C)cc2)cc1. The summed E-state index contributed by atoms with van der Waals surface area (Å²) in [5.74, 6) is 0.0612. The summed E-state index contributed by atoms with van der Waals surface area (Å²) in [6.07, 6.45) is 0.431. The van der Waals surface area contributed by atoms with E-state index >= 15 is 0 Å². The molecule has 2 aromatic carbocycles. The van der Waals surface area contributed by atoms with Crippen LogP contribution in [0.25, 0.3) is 0 Å². The molecule has 2 aromatic rings. The Balaban J connectivity index is 1.81. The number of nitrogens with one attached hydrogen (secondary N) is 1. The molecule has 0 aliphatic rings. The molecule has 0 aliphatic carbocycles. The summed E-state index contributed by atoms with van der Waals surface area (Å²) in [5, 5.41) is 3.00. The van der Waals surface area contributed by atoms with Crippen molar-refractivity contribution in [2.45, 2.75) is 40.3 Å². The second kappa shape index (κ2) is 9.24. The van der Waals surface area contributed by atoms with Gasteiger partial charge in [0.15, 0.2) is 0 Å². The Hall–Kier alpha value is -2.13. The van der Waals surface area contributed by atoms with E-state index in [2.05, 4.69) is 48.3 Å². The molecule has 0 saturated heterocycles. The molecule has 0 atom stereocenters. The normalized spacial score (nSPS) is 10.8. The van der Waals surface area contributed by atoms with Crippen LogP contribution < -0.4 is 5.32 Å². The van der Waals surface area contributed by atoms with Gasteiger partial charge in [-0.25, -0.2) is 0 Å². The molecule has 0 saturated carbocycles. The fourth-order valence-electron chi connectivity index (χ4n) is 2.62. The van der Waals surface area contributed by atoms with E-state index < -0.39 is 0 Å². The van der Waals surface area contributed by atoms with E-state index in [4.69, 9.17) is 0 Å². The molecular weight excluding hydrogens is 296 g/mol. The summed E-state index contributed by atoms with van der Waals surface area (Å²) in [6.45, 7) is 10.1. The molecule has 0 spiro atoms. The van der Waals surface area contributed by atoms with Crippen molar-refractivity contribution in [2.24, 2.45) is 0 Å². The van der Waals surface area contributed by atoms with Gasteiger partial charge in [-0.3, -0.25) is 9.69 Å². The third-order valence-corrected chi connectivity index (χ3v) is 4.30. The average Bonchev–Trinajstić information content (AvgIpc) is 2.61. The van der Waals surface area contributed by atoms with E-state index in [1.807, 2.05) is 31.2 Å². The van der Waals surface area contributed by atoms with Gasteiger partial charge in [0.05, 0.1) is 6.42 Å². The molecule has 0 aliphatic heterocycles. The molecule has 2 rings (SSSR count). The standard InChI is InChI=1S/C21H28N2O/c1-4-23(5-2)16-20-12-10-19(11-13-20)15-22-21(24)14-18-8-6-17(3)7-9-18/h6-13H,4-5,14-16H2,1-3H3,(H,22,24). The smallest absolute Gasteiger partial charge is 0.224 e. The van der Waals surface area contributed by atoms with Crippen LogP contribution in [0.15, 0.2) is 48.5 Å². The Bertz CT molecular complexity index is 628. The van der Waals surface area contributed by atoms with E-state index in [9.17, 15) is 4.79 Å². The Morgan fingerprint density at radius 2 is 1.42 bits per heavy atom. The molecule has 1 amide bonds. The molecule has 24 heavy (non-hydrogen) atoms. The van der Waals surface area contributed by atoms with E-state index in [-0.39, 0.29) is 5.91 Å². The van der Waals surface area contributed by atoms with Gasteiger partial charge in [-0.15, -0.1) is 0 Å². The summed E-state index contributed by atoms with van der Waals surface area (Å²) in [5.41, 5.74) is 4.71. The maximum absolute atomic E-state index is 12.0. The highest BCUT2D eigenvalue weighted by atomic mass is 16.1. The Kier molecular flexibility index (Phi) is 7.01. The van der Waals surface area contributed by atoms with E-state index in [1.165, 1.54) is 11.1 Å². The van der Waals surface area contributed by atoms with Crippen LogP contribution >= 0.6 is 0 Å². The van der Waals surface area contributed by atoms with Crippen molar-refractivity contribution >= 4 is 5.91 Å². The number of aryl methyl sites for hydroxylation is 1. The molecule has 0 aromatic heterocycles. The number of benzene rings is 2. The molecule has 3 heteroatoms. The Labute approximate surface area is 145 Å². The lowest BCUT2D eigenvalue weighted by Crippen LogP contribution is -2.24. The number of rotatable bonds is 8. The largest absolute Gasteiger partial charge is 0.352 e. The Morgan fingerprint density at radius 3 is 2.00 bits per heavy atom. The van der Waals surface area contributed by atoms with Gasteiger partial charge in [0.1, 0.15) is 0 Å². The van der Waals surface area contributed by atoms with Gasteiger partial charge in [0.25, 0.3) is 0 Å².